The fourth-order valence-corrected chi connectivity index (χ4v) is 2.46. The average Bonchev–Trinajstić information content (AvgIpc) is 2.91. The van der Waals surface area contributed by atoms with Gasteiger partial charge in [0.05, 0.1) is 11.7 Å². The molecule has 8 heteroatoms. The van der Waals surface area contributed by atoms with Crippen LogP contribution in [0.15, 0.2) is 33.2 Å². The third-order valence-corrected chi connectivity index (χ3v) is 3.73. The number of nitrogen functional groups attached to an aromatic ring is 1. The van der Waals surface area contributed by atoms with Gasteiger partial charge in [-0.3, -0.25) is 9.67 Å². The van der Waals surface area contributed by atoms with E-state index < -0.39 is 0 Å². The summed E-state index contributed by atoms with van der Waals surface area (Å²) in [7, 11) is 1.65. The number of rotatable bonds is 2. The first-order chi connectivity index (χ1) is 8.65. The lowest BCUT2D eigenvalue weighted by Crippen LogP contribution is -2.12. The molecule has 0 aliphatic rings. The quantitative estimate of drug-likeness (QED) is 0.590. The first-order valence-electron chi connectivity index (χ1n) is 5.17. The normalized spacial score (nSPS) is 11.2. The predicted octanol–water partition coefficient (Wildman–Crippen LogP) is 0.718. The van der Waals surface area contributed by atoms with Crippen LogP contribution in [-0.2, 0) is 7.05 Å². The molecule has 0 saturated carbocycles. The van der Waals surface area contributed by atoms with Crippen molar-refractivity contribution in [3.8, 4) is 0 Å². The molecule has 0 spiro atoms. The Labute approximate surface area is 105 Å². The Hall–Kier alpha value is -2.22. The first-order valence-corrected chi connectivity index (χ1v) is 5.98. The molecule has 2 heterocycles. The van der Waals surface area contributed by atoms with Crippen molar-refractivity contribution in [2.24, 2.45) is 7.05 Å². The minimum absolute atomic E-state index is 0.251. The second-order valence-electron chi connectivity index (χ2n) is 3.82. The average molecular weight is 262 g/mol. The van der Waals surface area contributed by atoms with E-state index in [9.17, 15) is 4.79 Å². The van der Waals surface area contributed by atoms with Gasteiger partial charge in [-0.15, -0.1) is 5.10 Å². The summed E-state index contributed by atoms with van der Waals surface area (Å²) in [6, 6.07) is 3.73. The molecular formula is C10H10N6OS. The maximum Gasteiger partial charge on any atom is 0.343 e. The molecule has 7 nitrogen and oxygen atoms in total. The number of aromatic amines is 2. The number of nitrogens with two attached hydrogens (primary N) is 1. The standard InChI is InChI=1S/C10H10N6OS/c1-16-9(17)14-15-10(16)18-8-3-7-5(2-6(8)11)4-12-13-7/h2-4H,11H2,1H3,(H,12,13)(H,14,17). The maximum absolute atomic E-state index is 11.3. The van der Waals surface area contributed by atoms with E-state index in [0.29, 0.717) is 10.8 Å². The lowest BCUT2D eigenvalue weighted by atomic mass is 10.2. The van der Waals surface area contributed by atoms with E-state index >= 15 is 0 Å². The zero-order valence-corrected chi connectivity index (χ0v) is 10.3. The molecule has 3 rings (SSSR count). The van der Waals surface area contributed by atoms with Crippen molar-refractivity contribution in [3.05, 3.63) is 28.8 Å². The van der Waals surface area contributed by atoms with Crippen LogP contribution in [-0.4, -0.2) is 25.0 Å². The van der Waals surface area contributed by atoms with Gasteiger partial charge >= 0.3 is 5.69 Å². The van der Waals surface area contributed by atoms with E-state index in [2.05, 4.69) is 20.4 Å². The van der Waals surface area contributed by atoms with Crippen molar-refractivity contribution in [2.45, 2.75) is 10.1 Å². The van der Waals surface area contributed by atoms with Crippen molar-refractivity contribution in [1.29, 1.82) is 0 Å². The highest BCUT2D eigenvalue weighted by Crippen LogP contribution is 2.32. The molecule has 1 aromatic carbocycles. The largest absolute Gasteiger partial charge is 0.398 e. The van der Waals surface area contributed by atoms with Crippen molar-refractivity contribution >= 4 is 28.4 Å². The highest BCUT2D eigenvalue weighted by atomic mass is 32.2. The van der Waals surface area contributed by atoms with E-state index in [1.807, 2.05) is 12.1 Å². The Morgan fingerprint density at radius 2 is 2.22 bits per heavy atom. The smallest absolute Gasteiger partial charge is 0.343 e. The second kappa shape index (κ2) is 3.91. The Morgan fingerprint density at radius 1 is 1.39 bits per heavy atom. The number of aromatic nitrogens is 5. The molecule has 2 aromatic heterocycles. The second-order valence-corrected chi connectivity index (χ2v) is 4.83. The third-order valence-electron chi connectivity index (χ3n) is 2.61. The van der Waals surface area contributed by atoms with Gasteiger partial charge in [0.15, 0.2) is 5.16 Å². The Balaban J connectivity index is 2.06. The molecule has 0 saturated heterocycles. The summed E-state index contributed by atoms with van der Waals surface area (Å²) in [6.45, 7) is 0. The number of H-pyrrole nitrogens is 2. The topological polar surface area (TPSA) is 105 Å². The minimum atomic E-state index is -0.251. The van der Waals surface area contributed by atoms with Gasteiger partial charge in [0.1, 0.15) is 0 Å². The number of anilines is 1. The number of fused-ring (bicyclic) bond motifs is 1. The van der Waals surface area contributed by atoms with Gasteiger partial charge in [-0.25, -0.2) is 9.89 Å². The van der Waals surface area contributed by atoms with E-state index in [0.717, 1.165) is 15.8 Å². The van der Waals surface area contributed by atoms with Gasteiger partial charge in [0, 0.05) is 23.0 Å². The van der Waals surface area contributed by atoms with Gasteiger partial charge < -0.3 is 5.73 Å². The lowest BCUT2D eigenvalue weighted by molar-refractivity contribution is 0.766. The number of benzene rings is 1. The maximum atomic E-state index is 11.3. The summed E-state index contributed by atoms with van der Waals surface area (Å²) >= 11 is 1.33. The van der Waals surface area contributed by atoms with Crippen molar-refractivity contribution < 1.29 is 0 Å². The van der Waals surface area contributed by atoms with Gasteiger partial charge in [0.25, 0.3) is 0 Å². The van der Waals surface area contributed by atoms with E-state index in [4.69, 9.17) is 5.73 Å². The van der Waals surface area contributed by atoms with Crippen molar-refractivity contribution in [3.63, 3.8) is 0 Å². The highest BCUT2D eigenvalue weighted by Gasteiger charge is 2.10. The van der Waals surface area contributed by atoms with Crippen LogP contribution < -0.4 is 11.4 Å². The predicted molar refractivity (Wildman–Crippen MR) is 68.5 cm³/mol. The third kappa shape index (κ3) is 1.66. The summed E-state index contributed by atoms with van der Waals surface area (Å²) in [5.41, 5.74) is 7.24. The molecule has 0 bridgehead atoms. The summed E-state index contributed by atoms with van der Waals surface area (Å²) in [5.74, 6) is 0. The molecule has 3 aromatic rings. The summed E-state index contributed by atoms with van der Waals surface area (Å²) in [6.07, 6.45) is 1.71. The molecule has 0 amide bonds. The highest BCUT2D eigenvalue weighted by molar-refractivity contribution is 7.99. The zero-order valence-electron chi connectivity index (χ0n) is 9.47. The van der Waals surface area contributed by atoms with E-state index in [1.165, 1.54) is 16.3 Å². The minimum Gasteiger partial charge on any atom is -0.398 e. The Morgan fingerprint density at radius 3 is 2.94 bits per heavy atom. The lowest BCUT2D eigenvalue weighted by Gasteiger charge is -2.04. The van der Waals surface area contributed by atoms with Gasteiger partial charge in [-0.05, 0) is 23.9 Å². The molecule has 92 valence electrons. The molecule has 0 radical (unpaired) electrons. The first kappa shape index (κ1) is 10.9. The van der Waals surface area contributed by atoms with E-state index in [-0.39, 0.29) is 5.69 Å². The van der Waals surface area contributed by atoms with Gasteiger partial charge in [0.2, 0.25) is 0 Å². The van der Waals surface area contributed by atoms with Crippen LogP contribution >= 0.6 is 11.8 Å². The number of hydrogen-bond donors (Lipinski definition) is 3. The van der Waals surface area contributed by atoms with Crippen LogP contribution in [0.1, 0.15) is 0 Å². The Bertz CT molecular complexity index is 770. The molecular weight excluding hydrogens is 252 g/mol. The van der Waals surface area contributed by atoms with Crippen LogP contribution in [0.5, 0.6) is 0 Å². The molecule has 0 fully saturated rings. The van der Waals surface area contributed by atoms with Crippen LogP contribution in [0.2, 0.25) is 0 Å². The summed E-state index contributed by atoms with van der Waals surface area (Å²) in [4.78, 5) is 12.1. The fraction of sp³-hybridized carbons (Fsp3) is 0.100. The van der Waals surface area contributed by atoms with Crippen molar-refractivity contribution in [2.75, 3.05) is 5.73 Å². The number of nitrogens with one attached hydrogen (secondary N) is 2. The Kier molecular flexibility index (Phi) is 2.37. The number of nitrogens with zero attached hydrogens (tertiary/aromatic N) is 3. The number of hydrogen-bond acceptors (Lipinski definition) is 5. The van der Waals surface area contributed by atoms with Crippen molar-refractivity contribution in [1.82, 2.24) is 25.0 Å². The molecule has 4 N–H and O–H groups in total. The van der Waals surface area contributed by atoms with Crippen LogP contribution in [0, 0.1) is 0 Å². The monoisotopic (exact) mass is 262 g/mol. The van der Waals surface area contributed by atoms with Crippen LogP contribution in [0.25, 0.3) is 10.9 Å². The van der Waals surface area contributed by atoms with Gasteiger partial charge in [-0.1, -0.05) is 0 Å². The summed E-state index contributed by atoms with van der Waals surface area (Å²) in [5, 5.41) is 14.6. The SMILES string of the molecule is Cn1c(Sc2cc3[nH]ncc3cc2N)n[nH]c1=O. The molecule has 0 unspecified atom stereocenters. The summed E-state index contributed by atoms with van der Waals surface area (Å²) < 4.78 is 1.43. The molecule has 0 aliphatic heterocycles. The molecule has 0 aliphatic carbocycles. The van der Waals surface area contributed by atoms with Crippen LogP contribution in [0.3, 0.4) is 0 Å². The fourth-order valence-electron chi connectivity index (χ4n) is 1.60. The zero-order chi connectivity index (χ0) is 12.7. The van der Waals surface area contributed by atoms with Crippen LogP contribution in [0.4, 0.5) is 5.69 Å². The van der Waals surface area contributed by atoms with E-state index in [1.54, 1.807) is 13.2 Å². The van der Waals surface area contributed by atoms with Gasteiger partial charge in [-0.2, -0.15) is 5.10 Å². The molecule has 18 heavy (non-hydrogen) atoms. The molecule has 0 atom stereocenters.